The number of hydrogen-bond donors (Lipinski definition) is 0. The van der Waals surface area contributed by atoms with Crippen molar-refractivity contribution in [1.82, 2.24) is 10.1 Å². The Labute approximate surface area is 80.1 Å². The summed E-state index contributed by atoms with van der Waals surface area (Å²) in [6, 6.07) is 0. The zero-order valence-electron chi connectivity index (χ0n) is 7.10. The van der Waals surface area contributed by atoms with Crippen LogP contribution in [-0.4, -0.2) is 27.4 Å². The van der Waals surface area contributed by atoms with Crippen molar-refractivity contribution in [3.8, 4) is 0 Å². The van der Waals surface area contributed by atoms with Crippen LogP contribution < -0.4 is 0 Å². The van der Waals surface area contributed by atoms with E-state index in [1.807, 2.05) is 11.8 Å². The minimum Gasteiger partial charge on any atom is -0.339 e. The number of hydrogen-bond acceptors (Lipinski definition) is 5. The van der Waals surface area contributed by atoms with Gasteiger partial charge in [-0.2, -0.15) is 16.7 Å². The quantitative estimate of drug-likeness (QED) is 0.685. The number of carbonyl (C=O) groups excluding carboxylic acids is 1. The van der Waals surface area contributed by atoms with Gasteiger partial charge in [0, 0.05) is 11.7 Å². The number of carbonyl (C=O) groups is 1. The van der Waals surface area contributed by atoms with E-state index in [9.17, 15) is 4.79 Å². The molecule has 1 aliphatic heterocycles. The van der Waals surface area contributed by atoms with E-state index in [0.29, 0.717) is 17.4 Å². The normalized spacial score (nSPS) is 22.0. The van der Waals surface area contributed by atoms with Crippen LogP contribution in [0.3, 0.4) is 0 Å². The lowest BCUT2D eigenvalue weighted by atomic mass is 10.2. The monoisotopic (exact) mass is 198 g/mol. The van der Waals surface area contributed by atoms with Crippen LogP contribution >= 0.6 is 11.8 Å². The average Bonchev–Trinajstić information content (AvgIpc) is 2.76. The summed E-state index contributed by atoms with van der Waals surface area (Å²) in [5.74, 6) is 1.96. The van der Waals surface area contributed by atoms with Crippen LogP contribution in [0.2, 0.25) is 0 Å². The molecule has 1 aromatic rings. The fourth-order valence-corrected chi connectivity index (χ4v) is 2.66. The van der Waals surface area contributed by atoms with Gasteiger partial charge in [0.05, 0.1) is 0 Å². The molecule has 0 radical (unpaired) electrons. The van der Waals surface area contributed by atoms with Gasteiger partial charge in [0.15, 0.2) is 6.29 Å². The van der Waals surface area contributed by atoms with E-state index in [2.05, 4.69) is 10.1 Å². The van der Waals surface area contributed by atoms with Gasteiger partial charge in [-0.15, -0.1) is 0 Å². The first-order valence-corrected chi connectivity index (χ1v) is 5.33. The second kappa shape index (κ2) is 3.91. The summed E-state index contributed by atoms with van der Waals surface area (Å²) in [5, 5.41) is 4.11. The van der Waals surface area contributed by atoms with Crippen LogP contribution in [0.25, 0.3) is 0 Å². The first kappa shape index (κ1) is 8.74. The first-order valence-electron chi connectivity index (χ1n) is 4.28. The Hall–Kier alpha value is -0.840. The number of aldehydes is 1. The smallest absolute Gasteiger partial charge is 0.235 e. The lowest BCUT2D eigenvalue weighted by Gasteiger charge is -2.01. The van der Waals surface area contributed by atoms with Gasteiger partial charge in [0.1, 0.15) is 0 Å². The largest absolute Gasteiger partial charge is 0.339 e. The molecular formula is C8H10N2O2S. The summed E-state index contributed by atoms with van der Waals surface area (Å²) < 4.78 is 4.91. The molecule has 0 amide bonds. The lowest BCUT2D eigenvalue weighted by Crippen LogP contribution is -2.01. The maximum atomic E-state index is 10.3. The molecule has 0 aliphatic carbocycles. The van der Waals surface area contributed by atoms with Gasteiger partial charge >= 0.3 is 0 Å². The van der Waals surface area contributed by atoms with E-state index in [1.165, 1.54) is 18.6 Å². The maximum Gasteiger partial charge on any atom is 0.235 e. The van der Waals surface area contributed by atoms with Gasteiger partial charge in [0.25, 0.3) is 0 Å². The molecule has 5 heteroatoms. The van der Waals surface area contributed by atoms with E-state index in [0.717, 1.165) is 6.42 Å². The third kappa shape index (κ3) is 2.09. The third-order valence-corrected chi connectivity index (χ3v) is 3.41. The van der Waals surface area contributed by atoms with Crippen molar-refractivity contribution in [2.45, 2.75) is 24.5 Å². The van der Waals surface area contributed by atoms with E-state index >= 15 is 0 Å². The molecule has 0 spiro atoms. The van der Waals surface area contributed by atoms with Gasteiger partial charge < -0.3 is 4.52 Å². The Morgan fingerprint density at radius 1 is 1.69 bits per heavy atom. The molecule has 70 valence electrons. The zero-order chi connectivity index (χ0) is 9.10. The average molecular weight is 198 g/mol. The van der Waals surface area contributed by atoms with Crippen molar-refractivity contribution in [2.75, 3.05) is 5.75 Å². The second-order valence-electron chi connectivity index (χ2n) is 3.00. The van der Waals surface area contributed by atoms with Gasteiger partial charge in [-0.05, 0) is 18.6 Å². The Balaban J connectivity index is 1.96. The number of nitrogens with zero attached hydrogens (tertiary/aromatic N) is 2. The summed E-state index contributed by atoms with van der Waals surface area (Å²) in [6.45, 7) is 0. The molecule has 0 saturated carbocycles. The highest BCUT2D eigenvalue weighted by Gasteiger charge is 2.19. The Morgan fingerprint density at radius 3 is 3.23 bits per heavy atom. The van der Waals surface area contributed by atoms with Gasteiger partial charge in [-0.1, -0.05) is 5.16 Å². The molecule has 4 nitrogen and oxygen atoms in total. The van der Waals surface area contributed by atoms with Crippen molar-refractivity contribution in [1.29, 1.82) is 0 Å². The molecule has 13 heavy (non-hydrogen) atoms. The second-order valence-corrected chi connectivity index (χ2v) is 4.41. The highest BCUT2D eigenvalue weighted by molar-refractivity contribution is 8.00. The van der Waals surface area contributed by atoms with E-state index in [4.69, 9.17) is 4.52 Å². The number of rotatable bonds is 3. The lowest BCUT2D eigenvalue weighted by molar-refractivity contribution is 0.111. The SMILES string of the molecule is O=Cc1noc(CC2CCCS2)n1. The van der Waals surface area contributed by atoms with E-state index in [1.54, 1.807) is 0 Å². The van der Waals surface area contributed by atoms with Crippen molar-refractivity contribution < 1.29 is 9.32 Å². The molecule has 0 N–H and O–H groups in total. The predicted molar refractivity (Wildman–Crippen MR) is 48.9 cm³/mol. The summed E-state index contributed by atoms with van der Waals surface area (Å²) >= 11 is 1.94. The minimum absolute atomic E-state index is 0.151. The van der Waals surface area contributed by atoms with Crippen LogP contribution in [0.15, 0.2) is 4.52 Å². The molecule has 1 saturated heterocycles. The topological polar surface area (TPSA) is 56.0 Å². The molecule has 1 aliphatic rings. The van der Waals surface area contributed by atoms with Crippen LogP contribution in [-0.2, 0) is 6.42 Å². The molecule has 2 heterocycles. The fraction of sp³-hybridized carbons (Fsp3) is 0.625. The molecular weight excluding hydrogens is 188 g/mol. The molecule has 1 aromatic heterocycles. The Bertz CT molecular complexity index is 294. The highest BCUT2D eigenvalue weighted by atomic mass is 32.2. The molecule has 0 bridgehead atoms. The van der Waals surface area contributed by atoms with Gasteiger partial charge in [0.2, 0.25) is 11.7 Å². The zero-order valence-corrected chi connectivity index (χ0v) is 7.92. The standard InChI is InChI=1S/C8H10N2O2S/c11-5-7-9-8(12-10-7)4-6-2-1-3-13-6/h5-6H,1-4H2. The molecule has 0 aromatic carbocycles. The van der Waals surface area contributed by atoms with Crippen LogP contribution in [0.5, 0.6) is 0 Å². The Morgan fingerprint density at radius 2 is 2.62 bits per heavy atom. The predicted octanol–water partition coefficient (Wildman–Crippen LogP) is 1.32. The van der Waals surface area contributed by atoms with Crippen molar-refractivity contribution in [3.05, 3.63) is 11.7 Å². The maximum absolute atomic E-state index is 10.3. The van der Waals surface area contributed by atoms with Crippen molar-refractivity contribution >= 4 is 18.0 Å². The number of aromatic nitrogens is 2. The first-order chi connectivity index (χ1) is 6.38. The van der Waals surface area contributed by atoms with Crippen LogP contribution in [0.1, 0.15) is 29.4 Å². The third-order valence-electron chi connectivity index (χ3n) is 2.02. The summed E-state index contributed by atoms with van der Waals surface area (Å²) in [6.07, 6.45) is 3.88. The van der Waals surface area contributed by atoms with Crippen LogP contribution in [0, 0.1) is 0 Å². The summed E-state index contributed by atoms with van der Waals surface area (Å²) in [5.41, 5.74) is 0. The van der Waals surface area contributed by atoms with Crippen molar-refractivity contribution in [3.63, 3.8) is 0 Å². The van der Waals surface area contributed by atoms with Crippen LogP contribution in [0.4, 0.5) is 0 Å². The van der Waals surface area contributed by atoms with Crippen molar-refractivity contribution in [2.24, 2.45) is 0 Å². The minimum atomic E-state index is 0.151. The van der Waals surface area contributed by atoms with E-state index in [-0.39, 0.29) is 5.82 Å². The summed E-state index contributed by atoms with van der Waals surface area (Å²) in [7, 11) is 0. The molecule has 1 fully saturated rings. The van der Waals surface area contributed by atoms with Gasteiger partial charge in [-0.3, -0.25) is 4.79 Å². The fourth-order valence-electron chi connectivity index (χ4n) is 1.40. The van der Waals surface area contributed by atoms with Gasteiger partial charge in [-0.25, -0.2) is 0 Å². The summed E-state index contributed by atoms with van der Waals surface area (Å²) in [4.78, 5) is 14.2. The number of thioether (sulfide) groups is 1. The molecule has 1 unspecified atom stereocenters. The highest BCUT2D eigenvalue weighted by Crippen LogP contribution is 2.28. The van der Waals surface area contributed by atoms with E-state index < -0.39 is 0 Å². The molecule has 2 rings (SSSR count). The Kier molecular flexibility index (Phi) is 2.63. The molecule has 1 atom stereocenters.